The van der Waals surface area contributed by atoms with Gasteiger partial charge in [-0.1, -0.05) is 30.4 Å². The largest absolute Gasteiger partial charge is 0.489 e. The van der Waals surface area contributed by atoms with E-state index in [0.29, 0.717) is 19.3 Å². The monoisotopic (exact) mass is 370 g/mol. The molecule has 2 unspecified atom stereocenters. The van der Waals surface area contributed by atoms with Crippen LogP contribution >= 0.6 is 0 Å². The van der Waals surface area contributed by atoms with Crippen LogP contribution in [0.1, 0.15) is 43.2 Å². The van der Waals surface area contributed by atoms with Crippen LogP contribution in [0.15, 0.2) is 30.4 Å². The highest BCUT2D eigenvalue weighted by atomic mass is 16.5. The molecule has 1 aliphatic carbocycles. The topological polar surface area (TPSA) is 87.0 Å². The van der Waals surface area contributed by atoms with Crippen LogP contribution in [-0.2, 0) is 11.2 Å². The molecule has 3 N–H and O–H groups in total. The molecule has 1 aliphatic heterocycles. The summed E-state index contributed by atoms with van der Waals surface area (Å²) in [6, 6.07) is 5.95. The number of aliphatic hydroxyl groups excluding tert-OH is 2. The summed E-state index contributed by atoms with van der Waals surface area (Å²) < 4.78 is 6.16. The molecule has 1 fully saturated rings. The molecule has 2 aliphatic rings. The number of carbonyl (C=O) groups is 1. The summed E-state index contributed by atoms with van der Waals surface area (Å²) in [7, 11) is 0. The second-order valence-electron chi connectivity index (χ2n) is 7.48. The number of hydrogen-bond donors (Lipinski definition) is 3. The van der Waals surface area contributed by atoms with Crippen LogP contribution in [0.4, 0.5) is 0 Å². The second-order valence-corrected chi connectivity index (χ2v) is 7.48. The molecular formula is C22H26O5. The van der Waals surface area contributed by atoms with Gasteiger partial charge >= 0.3 is 5.97 Å². The van der Waals surface area contributed by atoms with E-state index in [0.717, 1.165) is 16.9 Å². The highest BCUT2D eigenvalue weighted by molar-refractivity contribution is 5.66. The van der Waals surface area contributed by atoms with Crippen molar-refractivity contribution in [1.82, 2.24) is 0 Å². The zero-order chi connectivity index (χ0) is 19.6. The molecule has 0 radical (unpaired) electrons. The van der Waals surface area contributed by atoms with Gasteiger partial charge in [0.25, 0.3) is 0 Å². The summed E-state index contributed by atoms with van der Waals surface area (Å²) >= 11 is 0. The highest BCUT2D eigenvalue weighted by Crippen LogP contribution is 2.52. The normalized spacial score (nSPS) is 28.2. The fraction of sp³-hybridized carbons (Fsp3) is 0.500. The summed E-state index contributed by atoms with van der Waals surface area (Å²) in [5, 5.41) is 29.4. The third-order valence-corrected chi connectivity index (χ3v) is 5.63. The average Bonchev–Trinajstić information content (AvgIpc) is 3.14. The van der Waals surface area contributed by atoms with Gasteiger partial charge in [0.05, 0.1) is 12.2 Å². The van der Waals surface area contributed by atoms with Crippen LogP contribution < -0.4 is 4.74 Å². The number of aryl methyl sites for hydroxylation is 1. The number of hydrogen-bond acceptors (Lipinski definition) is 4. The Morgan fingerprint density at radius 1 is 1.48 bits per heavy atom. The number of rotatable bonds is 7. The molecule has 6 atom stereocenters. The number of aliphatic carboxylic acids is 1. The van der Waals surface area contributed by atoms with E-state index >= 15 is 0 Å². The lowest BCUT2D eigenvalue weighted by molar-refractivity contribution is -0.137. The molecular weight excluding hydrogens is 344 g/mol. The van der Waals surface area contributed by atoms with Crippen LogP contribution in [0, 0.1) is 24.2 Å². The van der Waals surface area contributed by atoms with Crippen molar-refractivity contribution in [1.29, 1.82) is 0 Å². The van der Waals surface area contributed by atoms with Crippen LogP contribution in [0.25, 0.3) is 0 Å². The van der Waals surface area contributed by atoms with Gasteiger partial charge in [0, 0.05) is 36.2 Å². The van der Waals surface area contributed by atoms with Gasteiger partial charge in [0.15, 0.2) is 0 Å². The molecule has 0 amide bonds. The first kappa shape index (κ1) is 19.5. The van der Waals surface area contributed by atoms with Gasteiger partial charge in [0.2, 0.25) is 0 Å². The van der Waals surface area contributed by atoms with Crippen molar-refractivity contribution in [2.75, 3.05) is 0 Å². The van der Waals surface area contributed by atoms with Crippen LogP contribution in [0.5, 0.6) is 5.75 Å². The van der Waals surface area contributed by atoms with E-state index in [9.17, 15) is 15.0 Å². The van der Waals surface area contributed by atoms with Crippen molar-refractivity contribution >= 4 is 5.97 Å². The summed E-state index contributed by atoms with van der Waals surface area (Å²) in [5.74, 6) is 2.14. The fourth-order valence-corrected chi connectivity index (χ4v) is 4.10. The van der Waals surface area contributed by atoms with E-state index in [1.807, 2.05) is 24.3 Å². The zero-order valence-corrected chi connectivity index (χ0v) is 15.4. The van der Waals surface area contributed by atoms with Crippen molar-refractivity contribution < 1.29 is 24.9 Å². The summed E-state index contributed by atoms with van der Waals surface area (Å²) in [4.78, 5) is 10.8. The standard InChI is InChI=1S/C22H26O5/c1-3-13(2)17(23)11-10-15-18(24)12-19-21(15)16-8-4-6-14(22(16)27-19)7-5-9-20(25)26/h1,4,6,8,10-11,13,15,17-19,21,23-24H,5,7,9,12H2,2H3,(H,25,26)/t13?,15-,17+,18+,19?,21-/m0/s1. The lowest BCUT2D eigenvalue weighted by atomic mass is 9.86. The zero-order valence-electron chi connectivity index (χ0n) is 15.4. The smallest absolute Gasteiger partial charge is 0.303 e. The predicted octanol–water partition coefficient (Wildman–Crippen LogP) is 2.51. The van der Waals surface area contributed by atoms with Crippen molar-refractivity contribution in [3.8, 4) is 18.1 Å². The first-order valence-electron chi connectivity index (χ1n) is 9.43. The molecule has 1 heterocycles. The molecule has 0 aromatic heterocycles. The Morgan fingerprint density at radius 3 is 2.96 bits per heavy atom. The molecule has 0 saturated heterocycles. The minimum atomic E-state index is -0.798. The third-order valence-electron chi connectivity index (χ3n) is 5.63. The van der Waals surface area contributed by atoms with Gasteiger partial charge in [-0.05, 0) is 25.3 Å². The van der Waals surface area contributed by atoms with Gasteiger partial charge in [-0.25, -0.2) is 0 Å². The van der Waals surface area contributed by atoms with Crippen molar-refractivity contribution in [3.63, 3.8) is 0 Å². The second kappa shape index (κ2) is 8.16. The minimum Gasteiger partial charge on any atom is -0.489 e. The van der Waals surface area contributed by atoms with Crippen LogP contribution in [0.3, 0.4) is 0 Å². The third kappa shape index (κ3) is 4.02. The maximum atomic E-state index is 10.8. The number of fused-ring (bicyclic) bond motifs is 3. The lowest BCUT2D eigenvalue weighted by Crippen LogP contribution is -2.18. The van der Waals surface area contributed by atoms with Gasteiger partial charge in [-0.3, -0.25) is 4.79 Å². The first-order valence-corrected chi connectivity index (χ1v) is 9.43. The van der Waals surface area contributed by atoms with Gasteiger partial charge < -0.3 is 20.1 Å². The molecule has 1 saturated carbocycles. The number of carboxylic acids is 1. The van der Waals surface area contributed by atoms with E-state index < -0.39 is 18.2 Å². The molecule has 0 bridgehead atoms. The number of para-hydroxylation sites is 1. The van der Waals surface area contributed by atoms with E-state index in [-0.39, 0.29) is 30.3 Å². The van der Waals surface area contributed by atoms with Gasteiger partial charge in [-0.2, -0.15) is 0 Å². The fourth-order valence-electron chi connectivity index (χ4n) is 4.10. The Balaban J connectivity index is 1.79. The number of terminal acetylenes is 1. The Morgan fingerprint density at radius 2 is 2.26 bits per heavy atom. The van der Waals surface area contributed by atoms with Crippen molar-refractivity contribution in [2.24, 2.45) is 11.8 Å². The molecule has 5 nitrogen and oxygen atoms in total. The lowest BCUT2D eigenvalue weighted by Gasteiger charge is -2.18. The number of aliphatic hydroxyl groups is 2. The molecule has 3 rings (SSSR count). The molecule has 27 heavy (non-hydrogen) atoms. The van der Waals surface area contributed by atoms with E-state index in [4.69, 9.17) is 16.3 Å². The van der Waals surface area contributed by atoms with Crippen molar-refractivity contribution in [3.05, 3.63) is 41.5 Å². The maximum absolute atomic E-state index is 10.8. The SMILES string of the molecule is C#CC(C)[C@H](O)C=C[C@H]1[C@H](O)CC2Oc3c(CCCC(=O)O)cccc3[C@@H]21. The molecule has 144 valence electrons. The number of ether oxygens (including phenoxy) is 1. The molecule has 5 heteroatoms. The van der Waals surface area contributed by atoms with Gasteiger partial charge in [0.1, 0.15) is 11.9 Å². The Labute approximate surface area is 159 Å². The summed E-state index contributed by atoms with van der Waals surface area (Å²) in [6.07, 6.45) is 9.39. The predicted molar refractivity (Wildman–Crippen MR) is 101 cm³/mol. The van der Waals surface area contributed by atoms with Crippen LogP contribution in [0.2, 0.25) is 0 Å². The average molecular weight is 370 g/mol. The van der Waals surface area contributed by atoms with E-state index in [2.05, 4.69) is 5.92 Å². The molecule has 1 aromatic carbocycles. The quantitative estimate of drug-likeness (QED) is 0.507. The summed E-state index contributed by atoms with van der Waals surface area (Å²) in [5.41, 5.74) is 2.07. The molecule has 0 spiro atoms. The Kier molecular flexibility index (Phi) is 5.88. The number of carboxylic acid groups (broad SMARTS) is 1. The summed E-state index contributed by atoms with van der Waals surface area (Å²) in [6.45, 7) is 1.78. The minimum absolute atomic E-state index is 0.0269. The van der Waals surface area contributed by atoms with E-state index in [1.54, 1.807) is 13.0 Å². The molecule has 1 aromatic rings. The highest BCUT2D eigenvalue weighted by Gasteiger charge is 2.48. The number of benzene rings is 1. The first-order chi connectivity index (χ1) is 12.9. The Hall–Kier alpha value is -2.29. The maximum Gasteiger partial charge on any atom is 0.303 e. The van der Waals surface area contributed by atoms with Crippen molar-refractivity contribution in [2.45, 2.75) is 56.8 Å². The van der Waals surface area contributed by atoms with Gasteiger partial charge in [-0.15, -0.1) is 12.3 Å². The Bertz CT molecular complexity index is 762. The van der Waals surface area contributed by atoms with E-state index in [1.165, 1.54) is 0 Å². The van der Waals surface area contributed by atoms with Crippen LogP contribution in [-0.4, -0.2) is 39.6 Å².